The maximum atomic E-state index is 11.7. The molecule has 0 amide bonds. The maximum Gasteiger partial charge on any atom is 0.408 e. The zero-order valence-electron chi connectivity index (χ0n) is 7.80. The van der Waals surface area contributed by atoms with E-state index in [4.69, 9.17) is 4.55 Å². The van der Waals surface area contributed by atoms with Crippen LogP contribution >= 0.6 is 0 Å². The average molecular weight is 288 g/mol. The third kappa shape index (κ3) is 8.74. The summed E-state index contributed by atoms with van der Waals surface area (Å²) in [7, 11) is -5.27. The molecule has 102 valence electrons. The molecule has 5 nitrogen and oxygen atoms in total. The first-order valence-corrected chi connectivity index (χ1v) is 5.14. The zero-order valence-corrected chi connectivity index (χ0v) is 8.62. The lowest BCUT2D eigenvalue weighted by atomic mass is 10.6. The lowest BCUT2D eigenvalue weighted by Gasteiger charge is -2.10. The predicted octanol–water partition coefficient (Wildman–Crippen LogP) is 0.944. The summed E-state index contributed by atoms with van der Waals surface area (Å²) in [6.45, 7) is -3.98. The summed E-state index contributed by atoms with van der Waals surface area (Å²) in [4.78, 5) is 2.31. The monoisotopic (exact) mass is 288 g/mol. The Morgan fingerprint density at radius 3 is 1.88 bits per heavy atom. The number of nitrogens with zero attached hydrogens (tertiary/aromatic N) is 1. The molecule has 0 bridgehead atoms. The molecule has 0 aliphatic rings. The van der Waals surface area contributed by atoms with Crippen LogP contribution in [0.5, 0.6) is 0 Å². The molecular weight excluding hydrogens is 282 g/mol. The lowest BCUT2D eigenvalue weighted by Crippen LogP contribution is -2.38. The molecule has 0 aromatic carbocycles. The number of halogens is 6. The minimum atomic E-state index is -5.27. The van der Waals surface area contributed by atoms with E-state index in [1.807, 2.05) is 0 Å². The third-order valence-corrected chi connectivity index (χ3v) is 1.85. The molecule has 0 rings (SSSR count). The van der Waals surface area contributed by atoms with Crippen molar-refractivity contribution in [3.05, 3.63) is 0 Å². The fourth-order valence-corrected chi connectivity index (χ4v) is 1.05. The van der Waals surface area contributed by atoms with Crippen molar-refractivity contribution in [3.8, 4) is 0 Å². The van der Waals surface area contributed by atoms with Crippen molar-refractivity contribution in [1.82, 2.24) is 5.32 Å². The summed E-state index contributed by atoms with van der Waals surface area (Å²) < 4.78 is 99.0. The van der Waals surface area contributed by atoms with Gasteiger partial charge in [0.25, 0.3) is 0 Å². The van der Waals surface area contributed by atoms with Gasteiger partial charge in [0.2, 0.25) is 5.17 Å². The number of hydrogen-bond donors (Lipinski definition) is 2. The second kappa shape index (κ2) is 5.08. The zero-order chi connectivity index (χ0) is 13.9. The van der Waals surface area contributed by atoms with Gasteiger partial charge in [-0.1, -0.05) is 0 Å². The summed E-state index contributed by atoms with van der Waals surface area (Å²) in [5, 5.41) is -0.726. The maximum absolute atomic E-state index is 11.7. The third-order valence-electron chi connectivity index (χ3n) is 1.09. The fraction of sp³-hybridized carbons (Fsp3) is 0.800. The summed E-state index contributed by atoms with van der Waals surface area (Å²) in [6, 6.07) is 0. The molecule has 0 aliphatic heterocycles. The van der Waals surface area contributed by atoms with Crippen LogP contribution in [0.1, 0.15) is 0 Å². The topological polar surface area (TPSA) is 78.8 Å². The van der Waals surface area contributed by atoms with Crippen molar-refractivity contribution in [2.45, 2.75) is 12.4 Å². The number of amidine groups is 1. The van der Waals surface area contributed by atoms with Crippen molar-refractivity contribution < 1.29 is 39.3 Å². The number of aliphatic imine (C=N–C) groups is 1. The van der Waals surface area contributed by atoms with Gasteiger partial charge in [-0.15, -0.1) is 0 Å². The van der Waals surface area contributed by atoms with Gasteiger partial charge in [0.1, 0.15) is 13.1 Å². The average Bonchev–Trinajstić information content (AvgIpc) is 1.96. The molecule has 0 aromatic rings. The molecule has 0 fully saturated rings. The summed E-state index contributed by atoms with van der Waals surface area (Å²) >= 11 is 0. The van der Waals surface area contributed by atoms with Crippen LogP contribution in [0, 0.1) is 0 Å². The van der Waals surface area contributed by atoms with E-state index in [1.54, 1.807) is 0 Å². The predicted molar refractivity (Wildman–Crippen MR) is 44.0 cm³/mol. The normalized spacial score (nSPS) is 14.9. The van der Waals surface area contributed by atoms with Crippen LogP contribution < -0.4 is 5.32 Å². The highest BCUT2D eigenvalue weighted by Crippen LogP contribution is 2.15. The van der Waals surface area contributed by atoms with Gasteiger partial charge in [-0.05, 0) is 0 Å². The van der Waals surface area contributed by atoms with Crippen LogP contribution in [0.4, 0.5) is 26.3 Å². The molecular formula is C5H6F6N2O3S. The van der Waals surface area contributed by atoms with Crippen molar-refractivity contribution >= 4 is 15.3 Å². The Hall–Kier alpha value is -1.04. The summed E-state index contributed by atoms with van der Waals surface area (Å²) in [5.41, 5.74) is 0. The highest BCUT2D eigenvalue weighted by atomic mass is 32.2. The first kappa shape index (κ1) is 16.0. The Labute approximate surface area is 91.3 Å². The Morgan fingerprint density at radius 1 is 1.12 bits per heavy atom. The number of rotatable bonds is 2. The van der Waals surface area contributed by atoms with Gasteiger partial charge in [-0.25, -0.2) is 4.99 Å². The van der Waals surface area contributed by atoms with E-state index >= 15 is 0 Å². The van der Waals surface area contributed by atoms with Crippen LogP contribution in [0.3, 0.4) is 0 Å². The van der Waals surface area contributed by atoms with Crippen LogP contribution in [0.15, 0.2) is 4.99 Å². The van der Waals surface area contributed by atoms with Crippen molar-refractivity contribution in [2.75, 3.05) is 13.1 Å². The Bertz CT molecular complexity index is 383. The number of alkyl halides is 6. The molecule has 0 saturated heterocycles. The fourth-order valence-electron chi connectivity index (χ4n) is 0.566. The molecule has 0 heterocycles. The Kier molecular flexibility index (Phi) is 4.77. The molecule has 0 radical (unpaired) electrons. The van der Waals surface area contributed by atoms with E-state index in [1.165, 1.54) is 0 Å². The highest BCUT2D eigenvalue weighted by molar-refractivity contribution is 8.01. The molecule has 0 spiro atoms. The van der Waals surface area contributed by atoms with Gasteiger partial charge in [0.05, 0.1) is 0 Å². The molecule has 2 N–H and O–H groups in total. The molecule has 0 aliphatic carbocycles. The van der Waals surface area contributed by atoms with Crippen molar-refractivity contribution in [2.24, 2.45) is 4.99 Å². The second-order valence-corrected chi connectivity index (χ2v) is 4.02. The van der Waals surface area contributed by atoms with Crippen LogP contribution in [-0.2, 0) is 10.1 Å². The molecule has 0 atom stereocenters. The van der Waals surface area contributed by atoms with E-state index in [0.29, 0.717) is 0 Å². The van der Waals surface area contributed by atoms with E-state index < -0.39 is 40.7 Å². The minimum absolute atomic E-state index is 1.06. The molecule has 0 aromatic heterocycles. The van der Waals surface area contributed by atoms with Crippen LogP contribution in [0.25, 0.3) is 0 Å². The van der Waals surface area contributed by atoms with E-state index in [0.717, 1.165) is 5.32 Å². The van der Waals surface area contributed by atoms with Gasteiger partial charge in [-0.2, -0.15) is 34.8 Å². The number of hydrogen-bond acceptors (Lipinski definition) is 3. The van der Waals surface area contributed by atoms with Gasteiger partial charge < -0.3 is 5.32 Å². The number of nitrogens with one attached hydrogen (secondary N) is 1. The Balaban J connectivity index is 4.81. The summed E-state index contributed by atoms with van der Waals surface area (Å²) in [5.74, 6) is 0. The minimum Gasteiger partial charge on any atom is -0.350 e. The first-order chi connectivity index (χ1) is 7.31. The van der Waals surface area contributed by atoms with Gasteiger partial charge in [-0.3, -0.25) is 4.55 Å². The standard InChI is InChI=1S/C5H6F6N2O3S/c6-4(7,8)1-12-3(17(14,15)16)13-2-5(9,10)11/h1-2H2,(H,12,13)(H,14,15,16). The van der Waals surface area contributed by atoms with Gasteiger partial charge in [0, 0.05) is 0 Å². The van der Waals surface area contributed by atoms with Crippen molar-refractivity contribution in [1.29, 1.82) is 0 Å². The van der Waals surface area contributed by atoms with Gasteiger partial charge >= 0.3 is 22.5 Å². The molecule has 12 heteroatoms. The van der Waals surface area contributed by atoms with Crippen LogP contribution in [0.2, 0.25) is 0 Å². The SMILES string of the molecule is O=S(=O)(O)C(=NCC(F)(F)F)NCC(F)(F)F. The van der Waals surface area contributed by atoms with Gasteiger partial charge in [0.15, 0.2) is 0 Å². The first-order valence-electron chi connectivity index (χ1n) is 3.70. The van der Waals surface area contributed by atoms with Crippen molar-refractivity contribution in [3.63, 3.8) is 0 Å². The molecule has 17 heavy (non-hydrogen) atoms. The van der Waals surface area contributed by atoms with Crippen LogP contribution in [-0.4, -0.2) is 43.6 Å². The summed E-state index contributed by atoms with van der Waals surface area (Å²) in [6.07, 6.45) is -9.78. The quantitative estimate of drug-likeness (QED) is 0.343. The molecule has 0 unspecified atom stereocenters. The Morgan fingerprint density at radius 2 is 1.59 bits per heavy atom. The second-order valence-electron chi connectivity index (χ2n) is 2.68. The van der Waals surface area contributed by atoms with E-state index in [2.05, 4.69) is 4.99 Å². The largest absolute Gasteiger partial charge is 0.408 e. The van der Waals surface area contributed by atoms with E-state index in [-0.39, 0.29) is 0 Å². The smallest absolute Gasteiger partial charge is 0.350 e. The molecule has 0 saturated carbocycles. The lowest BCUT2D eigenvalue weighted by molar-refractivity contribution is -0.121. The highest BCUT2D eigenvalue weighted by Gasteiger charge is 2.31. The van der Waals surface area contributed by atoms with E-state index in [9.17, 15) is 34.8 Å².